The Balaban J connectivity index is 2.01. The molecule has 1 aromatic rings. The molecule has 0 spiro atoms. The number of hydrogen-bond acceptors (Lipinski definition) is 2. The number of anilines is 1. The summed E-state index contributed by atoms with van der Waals surface area (Å²) in [5.74, 6) is -0.806. The van der Waals surface area contributed by atoms with E-state index in [0.29, 0.717) is 13.0 Å². The van der Waals surface area contributed by atoms with Gasteiger partial charge in [-0.25, -0.2) is 4.79 Å². The van der Waals surface area contributed by atoms with Crippen molar-refractivity contribution in [3.8, 4) is 0 Å². The molecule has 0 saturated carbocycles. The van der Waals surface area contributed by atoms with Crippen molar-refractivity contribution >= 4 is 17.7 Å². The van der Waals surface area contributed by atoms with Gasteiger partial charge in [0, 0.05) is 24.7 Å². The number of carboxylic acids is 1. The van der Waals surface area contributed by atoms with Crippen molar-refractivity contribution in [1.29, 1.82) is 0 Å². The van der Waals surface area contributed by atoms with Gasteiger partial charge in [0.15, 0.2) is 0 Å². The molecule has 0 bridgehead atoms. The zero-order valence-electron chi connectivity index (χ0n) is 12.3. The molecule has 1 fully saturated rings. The van der Waals surface area contributed by atoms with Gasteiger partial charge in [0.2, 0.25) is 0 Å². The van der Waals surface area contributed by atoms with Crippen molar-refractivity contribution in [3.05, 3.63) is 29.8 Å². The normalized spacial score (nSPS) is 18.3. The van der Waals surface area contributed by atoms with Crippen molar-refractivity contribution in [2.24, 2.45) is 0 Å². The van der Waals surface area contributed by atoms with Gasteiger partial charge in [0.1, 0.15) is 0 Å². The maximum absolute atomic E-state index is 12.4. The second kappa shape index (κ2) is 7.11. The van der Waals surface area contributed by atoms with Crippen LogP contribution in [0.4, 0.5) is 10.5 Å². The highest BCUT2D eigenvalue weighted by Crippen LogP contribution is 2.23. The molecular weight excluding hydrogens is 268 g/mol. The first kappa shape index (κ1) is 15.4. The van der Waals surface area contributed by atoms with Gasteiger partial charge in [-0.1, -0.05) is 18.2 Å². The number of aryl methyl sites for hydroxylation is 1. The Bertz CT molecular complexity index is 516. The molecule has 1 aromatic carbocycles. The summed E-state index contributed by atoms with van der Waals surface area (Å²) in [6.45, 7) is 2.65. The van der Waals surface area contributed by atoms with E-state index in [1.165, 1.54) is 0 Å². The topological polar surface area (TPSA) is 69.6 Å². The van der Waals surface area contributed by atoms with Gasteiger partial charge >= 0.3 is 12.0 Å². The molecule has 1 atom stereocenters. The van der Waals surface area contributed by atoms with Gasteiger partial charge in [0.25, 0.3) is 0 Å². The Morgan fingerprint density at radius 1 is 1.33 bits per heavy atom. The Labute approximate surface area is 125 Å². The van der Waals surface area contributed by atoms with Crippen LogP contribution in [0.15, 0.2) is 24.3 Å². The fraction of sp³-hybridized carbons (Fsp3) is 0.500. The number of likely N-dealkylation sites (tertiary alicyclic amines) is 1. The van der Waals surface area contributed by atoms with E-state index < -0.39 is 5.97 Å². The lowest BCUT2D eigenvalue weighted by atomic mass is 9.98. The number of aliphatic carboxylic acids is 1. The minimum absolute atomic E-state index is 0.0267. The van der Waals surface area contributed by atoms with Crippen LogP contribution in [-0.2, 0) is 4.79 Å². The van der Waals surface area contributed by atoms with Crippen LogP contribution in [0.1, 0.15) is 37.7 Å². The monoisotopic (exact) mass is 290 g/mol. The first-order valence-corrected chi connectivity index (χ1v) is 7.43. The second-order valence-electron chi connectivity index (χ2n) is 5.52. The maximum atomic E-state index is 12.4. The molecule has 114 valence electrons. The summed E-state index contributed by atoms with van der Waals surface area (Å²) in [6, 6.07) is 7.55. The molecule has 2 rings (SSSR count). The molecule has 1 saturated heterocycles. The van der Waals surface area contributed by atoms with Crippen LogP contribution in [-0.4, -0.2) is 34.6 Å². The lowest BCUT2D eigenvalue weighted by Gasteiger charge is -2.35. The average Bonchev–Trinajstić information content (AvgIpc) is 2.47. The van der Waals surface area contributed by atoms with Crippen LogP contribution in [0.2, 0.25) is 0 Å². The Morgan fingerprint density at radius 3 is 2.81 bits per heavy atom. The van der Waals surface area contributed by atoms with Gasteiger partial charge < -0.3 is 15.3 Å². The number of piperidine rings is 1. The van der Waals surface area contributed by atoms with Gasteiger partial charge in [-0.15, -0.1) is 0 Å². The van der Waals surface area contributed by atoms with Crippen molar-refractivity contribution < 1.29 is 14.7 Å². The molecule has 2 amide bonds. The van der Waals surface area contributed by atoms with Gasteiger partial charge in [-0.3, -0.25) is 4.79 Å². The summed E-state index contributed by atoms with van der Waals surface area (Å²) in [7, 11) is 0. The fourth-order valence-corrected chi connectivity index (χ4v) is 2.76. The molecule has 1 unspecified atom stereocenters. The molecule has 2 N–H and O–H groups in total. The molecule has 0 radical (unpaired) electrons. The lowest BCUT2D eigenvalue weighted by Crippen LogP contribution is -2.46. The van der Waals surface area contributed by atoms with Gasteiger partial charge in [0.05, 0.1) is 0 Å². The number of hydrogen-bond donors (Lipinski definition) is 2. The van der Waals surface area contributed by atoms with E-state index in [1.807, 2.05) is 31.2 Å². The molecule has 0 aromatic heterocycles. The highest BCUT2D eigenvalue weighted by atomic mass is 16.4. The first-order valence-electron chi connectivity index (χ1n) is 7.43. The van der Waals surface area contributed by atoms with Crippen LogP contribution < -0.4 is 5.32 Å². The summed E-state index contributed by atoms with van der Waals surface area (Å²) in [4.78, 5) is 25.0. The van der Waals surface area contributed by atoms with E-state index in [1.54, 1.807) is 4.90 Å². The summed E-state index contributed by atoms with van der Waals surface area (Å²) in [5, 5.41) is 11.8. The van der Waals surface area contributed by atoms with Crippen LogP contribution in [0.5, 0.6) is 0 Å². The second-order valence-corrected chi connectivity index (χ2v) is 5.52. The van der Waals surface area contributed by atoms with Gasteiger partial charge in [-0.2, -0.15) is 0 Å². The van der Waals surface area contributed by atoms with Crippen LogP contribution in [0, 0.1) is 6.92 Å². The van der Waals surface area contributed by atoms with Crippen molar-refractivity contribution in [1.82, 2.24) is 4.90 Å². The number of amides is 2. The Morgan fingerprint density at radius 2 is 2.10 bits per heavy atom. The summed E-state index contributed by atoms with van der Waals surface area (Å²) < 4.78 is 0. The molecule has 0 aliphatic carbocycles. The van der Waals surface area contributed by atoms with Crippen molar-refractivity contribution in [2.75, 3.05) is 11.9 Å². The number of carboxylic acid groups (broad SMARTS) is 1. The summed E-state index contributed by atoms with van der Waals surface area (Å²) in [6.07, 6.45) is 3.55. The molecule has 1 aliphatic rings. The third-order valence-electron chi connectivity index (χ3n) is 3.97. The van der Waals surface area contributed by atoms with Gasteiger partial charge in [-0.05, 0) is 44.2 Å². The zero-order valence-corrected chi connectivity index (χ0v) is 12.3. The molecular formula is C16H22N2O3. The fourth-order valence-electron chi connectivity index (χ4n) is 2.76. The number of urea groups is 1. The molecule has 5 nitrogen and oxygen atoms in total. The third kappa shape index (κ3) is 4.21. The summed E-state index contributed by atoms with van der Waals surface area (Å²) >= 11 is 0. The predicted molar refractivity (Wildman–Crippen MR) is 81.4 cm³/mol. The number of nitrogens with one attached hydrogen (secondary N) is 1. The zero-order chi connectivity index (χ0) is 15.2. The predicted octanol–water partition coefficient (Wildman–Crippen LogP) is 3.25. The number of nitrogens with zero attached hydrogens (tertiary/aromatic N) is 1. The van der Waals surface area contributed by atoms with Crippen LogP contribution in [0.3, 0.4) is 0 Å². The molecule has 5 heteroatoms. The number of benzene rings is 1. The minimum atomic E-state index is -0.806. The lowest BCUT2D eigenvalue weighted by molar-refractivity contribution is -0.137. The SMILES string of the molecule is Cc1ccccc1NC(=O)N1CCCCC1CCC(=O)O. The maximum Gasteiger partial charge on any atom is 0.322 e. The quantitative estimate of drug-likeness (QED) is 0.894. The van der Waals surface area contributed by atoms with Crippen molar-refractivity contribution in [2.45, 2.75) is 45.1 Å². The van der Waals surface area contributed by atoms with Crippen LogP contribution >= 0.6 is 0 Å². The number of carbonyl (C=O) groups excluding carboxylic acids is 1. The van der Waals surface area contributed by atoms with Crippen LogP contribution in [0.25, 0.3) is 0 Å². The third-order valence-corrected chi connectivity index (χ3v) is 3.97. The summed E-state index contributed by atoms with van der Waals surface area (Å²) in [5.41, 5.74) is 1.83. The van der Waals surface area contributed by atoms with Crippen molar-refractivity contribution in [3.63, 3.8) is 0 Å². The van der Waals surface area contributed by atoms with E-state index in [0.717, 1.165) is 30.5 Å². The molecule has 1 heterocycles. The molecule has 1 aliphatic heterocycles. The van der Waals surface area contributed by atoms with E-state index in [2.05, 4.69) is 5.32 Å². The standard InChI is InChI=1S/C16H22N2O3/c1-12-6-2-3-8-14(12)17-16(21)18-11-5-4-7-13(18)9-10-15(19)20/h2-3,6,8,13H,4-5,7,9-11H2,1H3,(H,17,21)(H,19,20). The molecule has 21 heavy (non-hydrogen) atoms. The van der Waals surface area contributed by atoms with E-state index in [4.69, 9.17) is 5.11 Å². The Hall–Kier alpha value is -2.04. The number of rotatable bonds is 4. The smallest absolute Gasteiger partial charge is 0.322 e. The average molecular weight is 290 g/mol. The van der Waals surface area contributed by atoms with E-state index in [9.17, 15) is 9.59 Å². The number of para-hydroxylation sites is 1. The largest absolute Gasteiger partial charge is 0.481 e. The minimum Gasteiger partial charge on any atom is -0.481 e. The number of carbonyl (C=O) groups is 2. The van der Waals surface area contributed by atoms with E-state index >= 15 is 0 Å². The highest BCUT2D eigenvalue weighted by molar-refractivity contribution is 5.90. The van der Waals surface area contributed by atoms with E-state index in [-0.39, 0.29) is 18.5 Å². The Kier molecular flexibility index (Phi) is 5.20. The first-order chi connectivity index (χ1) is 10.1. The highest BCUT2D eigenvalue weighted by Gasteiger charge is 2.27.